The van der Waals surface area contributed by atoms with Gasteiger partial charge in [-0.2, -0.15) is 13.2 Å². The predicted molar refractivity (Wildman–Crippen MR) is 72.4 cm³/mol. The fourth-order valence-electron chi connectivity index (χ4n) is 1.59. The van der Waals surface area contributed by atoms with Crippen LogP contribution >= 0.6 is 11.3 Å². The highest BCUT2D eigenvalue weighted by Gasteiger charge is 2.30. The number of hydrogen-bond donors (Lipinski definition) is 2. The second-order valence-corrected chi connectivity index (χ2v) is 4.90. The van der Waals surface area contributed by atoms with Gasteiger partial charge in [-0.05, 0) is 29.6 Å². The summed E-state index contributed by atoms with van der Waals surface area (Å²) in [6.45, 7) is 0. The van der Waals surface area contributed by atoms with Gasteiger partial charge in [0.2, 0.25) is 5.06 Å². The molecule has 0 spiro atoms. The largest absolute Gasteiger partial charge is 0.512 e. The molecule has 2 rings (SSSR count). The molecule has 0 radical (unpaired) electrons. The Hall–Kier alpha value is -2.55. The van der Waals surface area contributed by atoms with Crippen molar-refractivity contribution in [3.8, 4) is 5.06 Å². The number of amides is 1. The van der Waals surface area contributed by atoms with E-state index in [9.17, 15) is 22.8 Å². The summed E-state index contributed by atoms with van der Waals surface area (Å²) in [7, 11) is 0. The summed E-state index contributed by atoms with van der Waals surface area (Å²) in [4.78, 5) is 22.5. The molecule has 22 heavy (non-hydrogen) atoms. The smallest absolute Gasteiger partial charge is 0.449 e. The second-order valence-electron chi connectivity index (χ2n) is 4.02. The van der Waals surface area contributed by atoms with Gasteiger partial charge in [-0.15, -0.1) is 11.3 Å². The highest BCUT2D eigenvalue weighted by molar-refractivity contribution is 7.12. The van der Waals surface area contributed by atoms with Gasteiger partial charge in [0.25, 0.3) is 5.91 Å². The Morgan fingerprint density at radius 2 is 1.95 bits per heavy atom. The highest BCUT2D eigenvalue weighted by atomic mass is 32.1. The lowest BCUT2D eigenvalue weighted by Crippen LogP contribution is -2.14. The van der Waals surface area contributed by atoms with Crippen LogP contribution in [0.15, 0.2) is 35.7 Å². The Bertz CT molecular complexity index is 711. The summed E-state index contributed by atoms with van der Waals surface area (Å²) in [5.74, 6) is -0.767. The van der Waals surface area contributed by atoms with E-state index in [0.29, 0.717) is 0 Å². The lowest BCUT2D eigenvalue weighted by Gasteiger charge is -2.10. The van der Waals surface area contributed by atoms with Crippen LogP contribution in [-0.4, -0.2) is 17.2 Å². The zero-order chi connectivity index (χ0) is 16.3. The molecule has 9 heteroatoms. The molecule has 0 aliphatic rings. The number of nitrogens with one attached hydrogen (secondary N) is 1. The van der Waals surface area contributed by atoms with Crippen LogP contribution in [0.5, 0.6) is 5.06 Å². The van der Waals surface area contributed by atoms with Gasteiger partial charge in [-0.3, -0.25) is 4.79 Å². The number of benzene rings is 1. The molecule has 0 unspecified atom stereocenters. The van der Waals surface area contributed by atoms with Crippen molar-refractivity contribution in [2.75, 3.05) is 5.32 Å². The number of rotatable bonds is 3. The maximum atomic E-state index is 12.6. The van der Waals surface area contributed by atoms with Crippen LogP contribution in [-0.2, 0) is 6.18 Å². The highest BCUT2D eigenvalue weighted by Crippen LogP contribution is 2.31. The van der Waals surface area contributed by atoms with E-state index in [1.165, 1.54) is 17.5 Å². The third-order valence-corrected chi connectivity index (χ3v) is 3.29. The van der Waals surface area contributed by atoms with E-state index in [-0.39, 0.29) is 16.3 Å². The number of thiophene rings is 1. The molecule has 1 amide bonds. The molecule has 0 saturated carbocycles. The average molecular weight is 331 g/mol. The summed E-state index contributed by atoms with van der Waals surface area (Å²) in [5.41, 5.74) is -1.05. The van der Waals surface area contributed by atoms with Crippen LogP contribution in [0.2, 0.25) is 0 Å². The van der Waals surface area contributed by atoms with Crippen LogP contribution in [0, 0.1) is 0 Å². The van der Waals surface area contributed by atoms with Gasteiger partial charge in [0.05, 0.1) is 11.1 Å². The van der Waals surface area contributed by atoms with E-state index >= 15 is 0 Å². The van der Waals surface area contributed by atoms with Crippen molar-refractivity contribution in [1.29, 1.82) is 0 Å². The Labute approximate surface area is 126 Å². The Balaban J connectivity index is 2.19. The van der Waals surface area contributed by atoms with Crippen molar-refractivity contribution in [3.63, 3.8) is 0 Å². The second kappa shape index (κ2) is 6.06. The maximum Gasteiger partial charge on any atom is 0.512 e. The molecule has 0 bridgehead atoms. The lowest BCUT2D eigenvalue weighted by molar-refractivity contribution is -0.137. The molecule has 2 aromatic rings. The lowest BCUT2D eigenvalue weighted by atomic mass is 10.2. The maximum absolute atomic E-state index is 12.6. The number of anilines is 1. The number of alkyl halides is 3. The van der Waals surface area contributed by atoms with Gasteiger partial charge in [-0.1, -0.05) is 6.07 Å². The quantitative estimate of drug-likeness (QED) is 0.831. The zero-order valence-corrected chi connectivity index (χ0v) is 11.5. The van der Waals surface area contributed by atoms with E-state index in [1.807, 2.05) is 0 Å². The Morgan fingerprint density at radius 1 is 1.23 bits per heavy atom. The fraction of sp³-hybridized carbons (Fsp3) is 0.0769. The summed E-state index contributed by atoms with van der Waals surface area (Å²) in [6.07, 6.45) is -6.11. The summed E-state index contributed by atoms with van der Waals surface area (Å²) in [5, 5.41) is 12.1. The molecule has 5 nitrogen and oxygen atoms in total. The molecular formula is C13H8F3NO4S. The number of halogens is 3. The molecule has 0 saturated heterocycles. The normalized spacial score (nSPS) is 11.0. The molecule has 116 valence electrons. The van der Waals surface area contributed by atoms with E-state index in [1.54, 1.807) is 0 Å². The SMILES string of the molecule is O=C(O)Oc1sccc1C(=O)Nc1cccc(C(F)(F)F)c1. The zero-order valence-electron chi connectivity index (χ0n) is 10.7. The van der Waals surface area contributed by atoms with Crippen LogP contribution in [0.1, 0.15) is 15.9 Å². The topological polar surface area (TPSA) is 75.6 Å². The van der Waals surface area contributed by atoms with Gasteiger partial charge in [0.1, 0.15) is 0 Å². The molecular weight excluding hydrogens is 323 g/mol. The van der Waals surface area contributed by atoms with Crippen LogP contribution in [0.4, 0.5) is 23.7 Å². The van der Waals surface area contributed by atoms with Gasteiger partial charge in [0.15, 0.2) is 0 Å². The van der Waals surface area contributed by atoms with Crippen molar-refractivity contribution < 1.29 is 32.6 Å². The third kappa shape index (κ3) is 3.76. The number of carbonyl (C=O) groups excluding carboxylic acids is 1. The first-order valence-corrected chi connectivity index (χ1v) is 6.62. The van der Waals surface area contributed by atoms with Crippen molar-refractivity contribution in [3.05, 3.63) is 46.8 Å². The number of hydrogen-bond acceptors (Lipinski definition) is 4. The van der Waals surface area contributed by atoms with Crippen molar-refractivity contribution in [1.82, 2.24) is 0 Å². The van der Waals surface area contributed by atoms with Gasteiger partial charge in [0, 0.05) is 5.69 Å². The van der Waals surface area contributed by atoms with Crippen LogP contribution in [0.25, 0.3) is 0 Å². The summed E-state index contributed by atoms with van der Waals surface area (Å²) < 4.78 is 42.2. The summed E-state index contributed by atoms with van der Waals surface area (Å²) >= 11 is 0.880. The molecule has 1 aromatic heterocycles. The van der Waals surface area contributed by atoms with Crippen LogP contribution < -0.4 is 10.1 Å². The standard InChI is InChI=1S/C13H8F3NO4S/c14-13(15,16)7-2-1-3-8(6-7)17-10(18)9-4-5-22-11(9)21-12(19)20/h1-6H,(H,17,18)(H,19,20). The Morgan fingerprint density at radius 3 is 2.59 bits per heavy atom. The van der Waals surface area contributed by atoms with Gasteiger partial charge < -0.3 is 15.2 Å². The first kappa shape index (κ1) is 15.8. The molecule has 1 heterocycles. The molecule has 1 aromatic carbocycles. The first-order chi connectivity index (χ1) is 10.3. The summed E-state index contributed by atoms with van der Waals surface area (Å²) in [6, 6.07) is 5.41. The minimum atomic E-state index is -4.53. The van der Waals surface area contributed by atoms with E-state index in [2.05, 4.69) is 10.1 Å². The van der Waals surface area contributed by atoms with E-state index in [0.717, 1.165) is 29.5 Å². The fourth-order valence-corrected chi connectivity index (χ4v) is 2.33. The van der Waals surface area contributed by atoms with E-state index < -0.39 is 23.8 Å². The minimum Gasteiger partial charge on any atom is -0.449 e. The van der Waals surface area contributed by atoms with Crippen molar-refractivity contribution in [2.24, 2.45) is 0 Å². The molecule has 2 N–H and O–H groups in total. The van der Waals surface area contributed by atoms with Crippen molar-refractivity contribution >= 4 is 29.1 Å². The van der Waals surface area contributed by atoms with Gasteiger partial charge >= 0.3 is 12.3 Å². The molecule has 0 aliphatic heterocycles. The van der Waals surface area contributed by atoms with Crippen LogP contribution in [0.3, 0.4) is 0 Å². The number of ether oxygens (including phenoxy) is 1. The van der Waals surface area contributed by atoms with Crippen molar-refractivity contribution in [2.45, 2.75) is 6.18 Å². The predicted octanol–water partition coefficient (Wildman–Crippen LogP) is 4.08. The average Bonchev–Trinajstić information content (AvgIpc) is 2.85. The minimum absolute atomic E-state index is 0.0627. The molecule has 0 fully saturated rings. The number of carbonyl (C=O) groups is 2. The molecule has 0 aliphatic carbocycles. The monoisotopic (exact) mass is 331 g/mol. The number of carboxylic acid groups (broad SMARTS) is 1. The van der Waals surface area contributed by atoms with E-state index in [4.69, 9.17) is 5.11 Å². The first-order valence-electron chi connectivity index (χ1n) is 5.74. The third-order valence-electron chi connectivity index (χ3n) is 2.50. The molecule has 0 atom stereocenters. The van der Waals surface area contributed by atoms with Gasteiger partial charge in [-0.25, -0.2) is 4.79 Å². The Kier molecular flexibility index (Phi) is 4.36.